The molecule has 0 aliphatic carbocycles. The first-order valence-electron chi connectivity index (χ1n) is 5.43. The summed E-state index contributed by atoms with van der Waals surface area (Å²) in [6.45, 7) is 4.95. The first-order valence-corrected chi connectivity index (χ1v) is 6.24. The summed E-state index contributed by atoms with van der Waals surface area (Å²) < 4.78 is 1.91. The lowest BCUT2D eigenvalue weighted by atomic mass is 10.4. The van der Waals surface area contributed by atoms with Gasteiger partial charge in [-0.15, -0.1) is 10.2 Å². The summed E-state index contributed by atoms with van der Waals surface area (Å²) in [4.78, 5) is 15.3. The van der Waals surface area contributed by atoms with Crippen LogP contribution in [0.2, 0.25) is 0 Å². The van der Waals surface area contributed by atoms with Gasteiger partial charge in [-0.3, -0.25) is 0 Å². The number of carbonyl (C=O) groups is 1. The Labute approximate surface area is 108 Å². The van der Waals surface area contributed by atoms with Crippen LogP contribution >= 0.6 is 11.3 Å². The van der Waals surface area contributed by atoms with E-state index in [4.69, 9.17) is 5.11 Å². The van der Waals surface area contributed by atoms with Gasteiger partial charge in [-0.1, -0.05) is 11.3 Å². The van der Waals surface area contributed by atoms with E-state index in [-0.39, 0.29) is 4.88 Å². The number of carboxylic acid groups (broad SMARTS) is 1. The molecule has 0 saturated heterocycles. The predicted octanol–water partition coefficient (Wildman–Crippen LogP) is 1.37. The molecule has 7 nitrogen and oxygen atoms in total. The van der Waals surface area contributed by atoms with Crippen molar-refractivity contribution in [3.05, 3.63) is 22.7 Å². The quantitative estimate of drug-likeness (QED) is 0.850. The standard InChI is InChI=1S/C10H13N5O2S/c1-3-15-5-12-14-7(15)4-11-10-13-6(2)8(18-10)9(16)17/h5H,3-4H2,1-2H3,(H,11,13)(H,16,17). The van der Waals surface area contributed by atoms with Crippen LogP contribution in [0, 0.1) is 6.92 Å². The number of carboxylic acids is 1. The molecular formula is C10H13N5O2S. The van der Waals surface area contributed by atoms with Crippen LogP contribution in [-0.2, 0) is 13.1 Å². The lowest BCUT2D eigenvalue weighted by Crippen LogP contribution is -2.07. The van der Waals surface area contributed by atoms with Crippen molar-refractivity contribution >= 4 is 22.4 Å². The third-order valence-corrected chi connectivity index (χ3v) is 3.53. The van der Waals surface area contributed by atoms with Crippen molar-refractivity contribution in [2.24, 2.45) is 0 Å². The number of hydrogen-bond donors (Lipinski definition) is 2. The molecule has 0 spiro atoms. The lowest BCUT2D eigenvalue weighted by molar-refractivity contribution is 0.0701. The Bertz CT molecular complexity index is 562. The van der Waals surface area contributed by atoms with Crippen LogP contribution in [0.15, 0.2) is 6.33 Å². The summed E-state index contributed by atoms with van der Waals surface area (Å²) in [5.41, 5.74) is 0.520. The second-order valence-electron chi connectivity index (χ2n) is 3.63. The van der Waals surface area contributed by atoms with E-state index in [0.717, 1.165) is 23.7 Å². The Morgan fingerprint density at radius 3 is 3.00 bits per heavy atom. The summed E-state index contributed by atoms with van der Waals surface area (Å²) in [7, 11) is 0. The van der Waals surface area contributed by atoms with Crippen LogP contribution in [0.4, 0.5) is 5.13 Å². The van der Waals surface area contributed by atoms with Gasteiger partial charge in [0.05, 0.1) is 12.2 Å². The number of aromatic nitrogens is 4. The molecule has 0 aromatic carbocycles. The maximum atomic E-state index is 10.9. The highest BCUT2D eigenvalue weighted by Crippen LogP contribution is 2.22. The molecule has 0 saturated carbocycles. The van der Waals surface area contributed by atoms with E-state index in [2.05, 4.69) is 20.5 Å². The summed E-state index contributed by atoms with van der Waals surface area (Å²) in [5.74, 6) is -0.156. The van der Waals surface area contributed by atoms with Gasteiger partial charge >= 0.3 is 5.97 Å². The van der Waals surface area contributed by atoms with E-state index < -0.39 is 5.97 Å². The molecule has 0 bridgehead atoms. The second-order valence-corrected chi connectivity index (χ2v) is 4.62. The average Bonchev–Trinajstić information content (AvgIpc) is 2.92. The fourth-order valence-electron chi connectivity index (χ4n) is 1.51. The molecular weight excluding hydrogens is 254 g/mol. The second kappa shape index (κ2) is 5.13. The van der Waals surface area contributed by atoms with Crippen molar-refractivity contribution in [1.29, 1.82) is 0 Å². The third-order valence-electron chi connectivity index (χ3n) is 2.42. The van der Waals surface area contributed by atoms with Gasteiger partial charge in [-0.2, -0.15) is 0 Å². The fourth-order valence-corrected chi connectivity index (χ4v) is 2.31. The first kappa shape index (κ1) is 12.5. The van der Waals surface area contributed by atoms with E-state index in [1.807, 2.05) is 11.5 Å². The number of nitrogens with zero attached hydrogens (tertiary/aromatic N) is 4. The number of nitrogens with one attached hydrogen (secondary N) is 1. The molecule has 96 valence electrons. The number of anilines is 1. The van der Waals surface area contributed by atoms with Gasteiger partial charge in [0, 0.05) is 6.54 Å². The van der Waals surface area contributed by atoms with Crippen LogP contribution in [0.5, 0.6) is 0 Å². The topological polar surface area (TPSA) is 92.9 Å². The van der Waals surface area contributed by atoms with Gasteiger partial charge in [0.15, 0.2) is 11.0 Å². The van der Waals surface area contributed by atoms with Crippen LogP contribution in [-0.4, -0.2) is 30.8 Å². The molecule has 18 heavy (non-hydrogen) atoms. The van der Waals surface area contributed by atoms with E-state index >= 15 is 0 Å². The monoisotopic (exact) mass is 267 g/mol. The van der Waals surface area contributed by atoms with Crippen LogP contribution in [0.1, 0.15) is 28.1 Å². The molecule has 0 aliphatic rings. The van der Waals surface area contributed by atoms with Gasteiger partial charge in [-0.25, -0.2) is 9.78 Å². The largest absolute Gasteiger partial charge is 0.477 e. The van der Waals surface area contributed by atoms with Crippen molar-refractivity contribution in [2.45, 2.75) is 26.9 Å². The van der Waals surface area contributed by atoms with Crippen molar-refractivity contribution in [3.63, 3.8) is 0 Å². The SMILES string of the molecule is CCn1cnnc1CNc1nc(C)c(C(=O)O)s1. The number of thiazole rings is 1. The zero-order valence-electron chi connectivity index (χ0n) is 10.0. The molecule has 2 N–H and O–H groups in total. The Hall–Kier alpha value is -1.96. The van der Waals surface area contributed by atoms with Gasteiger partial charge in [0.1, 0.15) is 11.2 Å². The highest BCUT2D eigenvalue weighted by Gasteiger charge is 2.14. The third kappa shape index (κ3) is 2.48. The smallest absolute Gasteiger partial charge is 0.347 e. The van der Waals surface area contributed by atoms with Crippen LogP contribution in [0.25, 0.3) is 0 Å². The molecule has 0 atom stereocenters. The van der Waals surface area contributed by atoms with E-state index in [1.54, 1.807) is 13.3 Å². The maximum absolute atomic E-state index is 10.9. The maximum Gasteiger partial charge on any atom is 0.347 e. The zero-order chi connectivity index (χ0) is 13.1. The molecule has 0 unspecified atom stereocenters. The van der Waals surface area contributed by atoms with Gasteiger partial charge in [-0.05, 0) is 13.8 Å². The fraction of sp³-hybridized carbons (Fsp3) is 0.400. The van der Waals surface area contributed by atoms with Crippen molar-refractivity contribution in [2.75, 3.05) is 5.32 Å². The van der Waals surface area contributed by atoms with Gasteiger partial charge in [0.2, 0.25) is 0 Å². The summed E-state index contributed by atoms with van der Waals surface area (Å²) in [5, 5.41) is 20.4. The lowest BCUT2D eigenvalue weighted by Gasteiger charge is -2.03. The van der Waals surface area contributed by atoms with E-state index in [0.29, 0.717) is 17.4 Å². The molecule has 0 fully saturated rings. The molecule has 2 aromatic heterocycles. The Morgan fingerprint density at radius 1 is 1.61 bits per heavy atom. The zero-order valence-corrected chi connectivity index (χ0v) is 10.9. The van der Waals surface area contributed by atoms with Crippen LogP contribution < -0.4 is 5.32 Å². The number of aryl methyl sites for hydroxylation is 2. The number of rotatable bonds is 5. The molecule has 0 radical (unpaired) electrons. The van der Waals surface area contributed by atoms with Crippen molar-refractivity contribution in [3.8, 4) is 0 Å². The first-order chi connectivity index (χ1) is 8.61. The minimum Gasteiger partial charge on any atom is -0.477 e. The summed E-state index contributed by atoms with van der Waals surface area (Å²) in [6, 6.07) is 0. The normalized spacial score (nSPS) is 10.6. The predicted molar refractivity (Wildman–Crippen MR) is 66.8 cm³/mol. The van der Waals surface area contributed by atoms with E-state index in [1.165, 1.54) is 0 Å². The average molecular weight is 267 g/mol. The Kier molecular flexibility index (Phi) is 3.56. The molecule has 0 aliphatic heterocycles. The number of hydrogen-bond acceptors (Lipinski definition) is 6. The van der Waals surface area contributed by atoms with Gasteiger partial charge < -0.3 is 15.0 Å². The minimum absolute atomic E-state index is 0.259. The number of aromatic carboxylic acids is 1. The van der Waals surface area contributed by atoms with Crippen molar-refractivity contribution in [1.82, 2.24) is 19.7 Å². The molecule has 2 aromatic rings. The van der Waals surface area contributed by atoms with Crippen LogP contribution in [0.3, 0.4) is 0 Å². The van der Waals surface area contributed by atoms with E-state index in [9.17, 15) is 4.79 Å². The molecule has 8 heteroatoms. The Balaban J connectivity index is 2.07. The molecule has 0 amide bonds. The molecule has 2 rings (SSSR count). The van der Waals surface area contributed by atoms with Crippen molar-refractivity contribution < 1.29 is 9.90 Å². The van der Waals surface area contributed by atoms with Gasteiger partial charge in [0.25, 0.3) is 0 Å². The molecule has 2 heterocycles. The highest BCUT2D eigenvalue weighted by molar-refractivity contribution is 7.17. The Morgan fingerprint density at radius 2 is 2.39 bits per heavy atom. The summed E-state index contributed by atoms with van der Waals surface area (Å²) in [6.07, 6.45) is 1.66. The summed E-state index contributed by atoms with van der Waals surface area (Å²) >= 11 is 1.12. The highest BCUT2D eigenvalue weighted by atomic mass is 32.1. The minimum atomic E-state index is -0.949.